The Labute approximate surface area is 175 Å². The molecule has 0 radical (unpaired) electrons. The third-order valence-electron chi connectivity index (χ3n) is 5.29. The summed E-state index contributed by atoms with van der Waals surface area (Å²) in [6.07, 6.45) is 13.9. The molecule has 158 valence electrons. The van der Waals surface area contributed by atoms with Gasteiger partial charge in [0.15, 0.2) is 5.78 Å². The van der Waals surface area contributed by atoms with E-state index in [1.54, 1.807) is 7.11 Å². The third-order valence-corrected chi connectivity index (χ3v) is 5.29. The van der Waals surface area contributed by atoms with Crippen molar-refractivity contribution in [2.24, 2.45) is 5.92 Å². The number of terminal acetylenes is 1. The number of ether oxygens (including phenoxy) is 1. The first-order chi connectivity index (χ1) is 14.2. The van der Waals surface area contributed by atoms with Gasteiger partial charge in [0.05, 0.1) is 7.11 Å². The first-order valence-corrected chi connectivity index (χ1v) is 10.3. The number of Topliss-reactive ketones (excluding diaryl/α,β-unsaturated/α-hetero) is 1. The van der Waals surface area contributed by atoms with Gasteiger partial charge in [-0.05, 0) is 61.3 Å². The Morgan fingerprint density at radius 2 is 1.83 bits per heavy atom. The largest absolute Gasteiger partial charge is 0.497 e. The van der Waals surface area contributed by atoms with Crippen molar-refractivity contribution < 1.29 is 14.6 Å². The molecule has 1 heterocycles. The molecule has 0 bridgehead atoms. The van der Waals surface area contributed by atoms with Crippen LogP contribution in [0.5, 0.6) is 5.75 Å². The van der Waals surface area contributed by atoms with Crippen molar-refractivity contribution in [1.82, 2.24) is 4.90 Å². The predicted octanol–water partition coefficient (Wildman–Crippen LogP) is 4.79. The van der Waals surface area contributed by atoms with Crippen molar-refractivity contribution in [3.63, 3.8) is 0 Å². The molecular formula is C25H35NO3. The van der Waals surface area contributed by atoms with Gasteiger partial charge >= 0.3 is 0 Å². The van der Waals surface area contributed by atoms with Crippen molar-refractivity contribution in [3.05, 3.63) is 42.0 Å². The van der Waals surface area contributed by atoms with Gasteiger partial charge in [-0.1, -0.05) is 38.0 Å². The highest BCUT2D eigenvalue weighted by Crippen LogP contribution is 2.25. The molecule has 2 aromatic rings. The van der Waals surface area contributed by atoms with Gasteiger partial charge in [0.2, 0.25) is 0 Å². The zero-order valence-electron chi connectivity index (χ0n) is 18.1. The average Bonchev–Trinajstić information content (AvgIpc) is 2.81. The van der Waals surface area contributed by atoms with Crippen LogP contribution < -0.4 is 4.74 Å². The molecule has 1 saturated heterocycles. The Balaban J connectivity index is 0.000000989. The molecule has 0 amide bonds. The maximum Gasteiger partial charge on any atom is 0.167 e. The molecule has 4 nitrogen and oxygen atoms in total. The normalized spacial score (nSPS) is 16.1. The minimum absolute atomic E-state index is 0.145. The van der Waals surface area contributed by atoms with Crippen molar-refractivity contribution in [2.45, 2.75) is 39.0 Å². The van der Waals surface area contributed by atoms with Crippen LogP contribution in [0.2, 0.25) is 0 Å². The van der Waals surface area contributed by atoms with Crippen LogP contribution in [0.25, 0.3) is 10.8 Å². The standard InChI is InChI=1S/C22H29NO2.C2H2.CH4O/c1-3-4-5-12-23-13-6-7-20(16-23)22(24)19-9-8-18-15-21(25-2)11-10-17(18)14-19;2*1-2/h8-11,14-15,20H,3-7,12-13,16H2,1-2H3;1-2H;2H,1H3/t20-;;/m0../s1. The van der Waals surface area contributed by atoms with E-state index in [0.29, 0.717) is 5.78 Å². The monoisotopic (exact) mass is 397 g/mol. The zero-order valence-corrected chi connectivity index (χ0v) is 18.1. The summed E-state index contributed by atoms with van der Waals surface area (Å²) in [5.74, 6) is 1.30. The fourth-order valence-corrected chi connectivity index (χ4v) is 3.80. The van der Waals surface area contributed by atoms with Crippen molar-refractivity contribution in [2.75, 3.05) is 33.9 Å². The van der Waals surface area contributed by atoms with E-state index in [1.165, 1.54) is 19.3 Å². The summed E-state index contributed by atoms with van der Waals surface area (Å²) in [5, 5.41) is 9.21. The Kier molecular flexibility index (Phi) is 11.7. The van der Waals surface area contributed by atoms with Crippen LogP contribution in [0.15, 0.2) is 36.4 Å². The van der Waals surface area contributed by atoms with Crippen LogP contribution in [0, 0.1) is 18.8 Å². The second-order valence-electron chi connectivity index (χ2n) is 7.14. The van der Waals surface area contributed by atoms with E-state index >= 15 is 0 Å². The van der Waals surface area contributed by atoms with Crippen LogP contribution in [-0.2, 0) is 0 Å². The van der Waals surface area contributed by atoms with Gasteiger partial charge < -0.3 is 14.7 Å². The highest BCUT2D eigenvalue weighted by Gasteiger charge is 2.26. The van der Waals surface area contributed by atoms with Crippen LogP contribution in [0.4, 0.5) is 0 Å². The van der Waals surface area contributed by atoms with Crippen LogP contribution in [-0.4, -0.2) is 49.6 Å². The minimum Gasteiger partial charge on any atom is -0.497 e. The molecule has 1 aliphatic heterocycles. The molecular weight excluding hydrogens is 362 g/mol. The molecule has 1 fully saturated rings. The second-order valence-corrected chi connectivity index (χ2v) is 7.14. The van der Waals surface area contributed by atoms with E-state index in [4.69, 9.17) is 9.84 Å². The number of nitrogens with zero attached hydrogens (tertiary/aromatic N) is 1. The number of unbranched alkanes of at least 4 members (excludes halogenated alkanes) is 2. The zero-order chi connectivity index (χ0) is 21.6. The molecule has 3 rings (SSSR count). The summed E-state index contributed by atoms with van der Waals surface area (Å²) < 4.78 is 5.27. The predicted molar refractivity (Wildman–Crippen MR) is 122 cm³/mol. The summed E-state index contributed by atoms with van der Waals surface area (Å²) in [6.45, 7) is 5.43. The van der Waals surface area contributed by atoms with E-state index in [2.05, 4.69) is 24.7 Å². The lowest BCUT2D eigenvalue weighted by Gasteiger charge is -2.32. The van der Waals surface area contributed by atoms with Crippen LogP contribution in [0.1, 0.15) is 49.4 Å². The number of likely N-dealkylation sites (tertiary alicyclic amines) is 1. The summed E-state index contributed by atoms with van der Waals surface area (Å²) in [6, 6.07) is 12.0. The lowest BCUT2D eigenvalue weighted by molar-refractivity contribution is 0.0818. The Morgan fingerprint density at radius 3 is 2.52 bits per heavy atom. The molecule has 29 heavy (non-hydrogen) atoms. The highest BCUT2D eigenvalue weighted by molar-refractivity contribution is 6.01. The summed E-state index contributed by atoms with van der Waals surface area (Å²) in [5.41, 5.74) is 0.845. The molecule has 0 unspecified atom stereocenters. The van der Waals surface area contributed by atoms with E-state index < -0.39 is 0 Å². The number of piperidine rings is 1. The summed E-state index contributed by atoms with van der Waals surface area (Å²) in [4.78, 5) is 15.5. The average molecular weight is 398 g/mol. The first kappa shape index (κ1) is 24.7. The Bertz CT molecular complexity index is 769. The van der Waals surface area contributed by atoms with Crippen molar-refractivity contribution in [3.8, 4) is 18.6 Å². The lowest BCUT2D eigenvalue weighted by atomic mass is 9.89. The van der Waals surface area contributed by atoms with Gasteiger partial charge in [0.1, 0.15) is 5.75 Å². The summed E-state index contributed by atoms with van der Waals surface area (Å²) in [7, 11) is 2.68. The number of hydrogen-bond donors (Lipinski definition) is 1. The highest BCUT2D eigenvalue weighted by atomic mass is 16.5. The Morgan fingerprint density at radius 1 is 1.14 bits per heavy atom. The number of carbonyl (C=O) groups excluding carboxylic acids is 1. The number of fused-ring (bicyclic) bond motifs is 1. The lowest BCUT2D eigenvalue weighted by Crippen LogP contribution is -2.39. The number of carbonyl (C=O) groups is 1. The SMILES string of the molecule is C#C.CCCCCN1CCC[C@H](C(=O)c2ccc3cc(OC)ccc3c2)C1.CO. The number of methoxy groups -OCH3 is 1. The van der Waals surface area contributed by atoms with Gasteiger partial charge in [0.25, 0.3) is 0 Å². The fraction of sp³-hybridized carbons (Fsp3) is 0.480. The molecule has 2 aromatic carbocycles. The van der Waals surface area contributed by atoms with E-state index in [1.807, 2.05) is 36.4 Å². The van der Waals surface area contributed by atoms with Crippen LogP contribution in [0.3, 0.4) is 0 Å². The van der Waals surface area contributed by atoms with Gasteiger partial charge in [-0.3, -0.25) is 4.79 Å². The minimum atomic E-state index is 0.145. The molecule has 0 saturated carbocycles. The molecule has 1 aliphatic rings. The number of benzene rings is 2. The van der Waals surface area contributed by atoms with Gasteiger partial charge in [-0.2, -0.15) is 0 Å². The van der Waals surface area contributed by atoms with Crippen LogP contribution >= 0.6 is 0 Å². The molecule has 0 aliphatic carbocycles. The number of aliphatic hydroxyl groups excluding tert-OH is 1. The van der Waals surface area contributed by atoms with E-state index in [-0.39, 0.29) is 5.92 Å². The second kappa shape index (κ2) is 13.8. The quantitative estimate of drug-likeness (QED) is 0.415. The number of ketones is 1. The van der Waals surface area contributed by atoms with E-state index in [0.717, 1.165) is 61.7 Å². The smallest absolute Gasteiger partial charge is 0.167 e. The summed E-state index contributed by atoms with van der Waals surface area (Å²) >= 11 is 0. The molecule has 0 spiro atoms. The number of hydrogen-bond acceptors (Lipinski definition) is 4. The maximum atomic E-state index is 13.0. The maximum absolute atomic E-state index is 13.0. The van der Waals surface area contributed by atoms with E-state index in [9.17, 15) is 4.79 Å². The number of aliphatic hydroxyl groups is 1. The number of rotatable bonds is 7. The van der Waals surface area contributed by atoms with Crippen molar-refractivity contribution >= 4 is 16.6 Å². The Hall–Kier alpha value is -2.35. The third kappa shape index (κ3) is 7.20. The van der Waals surface area contributed by atoms with Crippen molar-refractivity contribution in [1.29, 1.82) is 0 Å². The first-order valence-electron chi connectivity index (χ1n) is 10.3. The fourth-order valence-electron chi connectivity index (χ4n) is 3.80. The van der Waals surface area contributed by atoms with Gasteiger partial charge in [-0.25, -0.2) is 0 Å². The molecule has 4 heteroatoms. The van der Waals surface area contributed by atoms with Gasteiger partial charge in [0, 0.05) is 25.1 Å². The van der Waals surface area contributed by atoms with Gasteiger partial charge in [-0.15, -0.1) is 12.8 Å². The molecule has 1 N–H and O–H groups in total. The molecule has 1 atom stereocenters. The molecule has 0 aromatic heterocycles. The topological polar surface area (TPSA) is 49.8 Å².